The second kappa shape index (κ2) is 16.4. The number of aromatic nitrogens is 1. The zero-order valence-corrected chi connectivity index (χ0v) is 51.4. The largest absolute Gasteiger partial charge is 0.459 e. The number of para-hydroxylation sites is 2. The minimum Gasteiger partial charge on any atom is -0.459 e. The summed E-state index contributed by atoms with van der Waals surface area (Å²) in [6.45, 7) is 30.1. The third-order valence-electron chi connectivity index (χ3n) is 24.8. The first-order chi connectivity index (χ1) is 39.7. The van der Waals surface area contributed by atoms with Crippen LogP contribution in [0.5, 0.6) is 5.75 Å². The van der Waals surface area contributed by atoms with Gasteiger partial charge in [-0.2, -0.15) is 0 Å². The molecular weight excluding hydrogens is 1010 g/mol. The first-order valence-electron chi connectivity index (χ1n) is 32.2. The van der Waals surface area contributed by atoms with E-state index in [-0.39, 0.29) is 50.8 Å². The van der Waals surface area contributed by atoms with Crippen molar-refractivity contribution in [1.29, 1.82) is 0 Å². The normalized spacial score (nSPS) is 29.7. The minimum absolute atomic E-state index is 0.00500. The van der Waals surface area contributed by atoms with Gasteiger partial charge in [-0.15, -0.1) is 0 Å². The van der Waals surface area contributed by atoms with Gasteiger partial charge in [0, 0.05) is 78.4 Å². The Morgan fingerprint density at radius 2 is 1.40 bits per heavy atom. The number of rotatable bonds is 3. The van der Waals surface area contributed by atoms with Crippen molar-refractivity contribution in [1.82, 2.24) is 4.57 Å². The van der Waals surface area contributed by atoms with Gasteiger partial charge in [0.1, 0.15) is 5.76 Å². The summed E-state index contributed by atoms with van der Waals surface area (Å²) in [5.41, 5.74) is 24.4. The van der Waals surface area contributed by atoms with Crippen molar-refractivity contribution in [2.24, 2.45) is 22.7 Å². The number of allylic oxidation sites excluding steroid dienone is 5. The van der Waals surface area contributed by atoms with Gasteiger partial charge in [0.15, 0.2) is 5.75 Å². The minimum atomic E-state index is -0.191. The number of fused-ring (bicyclic) bond motifs is 18. The Labute approximate surface area is 494 Å². The lowest BCUT2D eigenvalue weighted by Gasteiger charge is -2.52. The maximum absolute atomic E-state index is 7.32. The molecule has 0 radical (unpaired) electrons. The molecule has 0 spiro atoms. The van der Waals surface area contributed by atoms with Crippen molar-refractivity contribution in [3.8, 4) is 22.7 Å². The van der Waals surface area contributed by atoms with Crippen LogP contribution in [0.4, 0.5) is 34.1 Å². The van der Waals surface area contributed by atoms with Crippen molar-refractivity contribution < 1.29 is 4.74 Å². The Balaban J connectivity index is 0.984. The van der Waals surface area contributed by atoms with Gasteiger partial charge in [-0.1, -0.05) is 192 Å². The average Bonchev–Trinajstić information content (AvgIpc) is 2.19. The number of anilines is 6. The lowest BCUT2D eigenvalue weighted by atomic mass is 9.33. The predicted molar refractivity (Wildman–Crippen MR) is 348 cm³/mol. The Morgan fingerprint density at radius 3 is 2.22 bits per heavy atom. The smallest absolute Gasteiger partial charge is 0.252 e. The Hall–Kier alpha value is -6.66. The highest BCUT2D eigenvalue weighted by atomic mass is 16.5. The van der Waals surface area contributed by atoms with Crippen LogP contribution in [0.1, 0.15) is 181 Å². The Bertz CT molecular complexity index is 4120. The molecule has 0 amide bonds. The lowest BCUT2D eigenvalue weighted by molar-refractivity contribution is 0.0577. The van der Waals surface area contributed by atoms with E-state index in [2.05, 4.69) is 242 Å². The monoisotopic (exact) mass is 1090 g/mol. The molecule has 8 atom stereocenters. The predicted octanol–water partition coefficient (Wildman–Crippen LogP) is 17.7. The van der Waals surface area contributed by atoms with Crippen molar-refractivity contribution in [3.05, 3.63) is 173 Å². The topological polar surface area (TPSA) is 23.9 Å². The maximum Gasteiger partial charge on any atom is 0.252 e. The fraction of sp³-hybridized carbons (Fsp3) is 0.429. The first kappa shape index (κ1) is 50.8. The van der Waals surface area contributed by atoms with Crippen LogP contribution in [0.15, 0.2) is 145 Å². The third-order valence-corrected chi connectivity index (χ3v) is 24.8. The molecule has 6 heterocycles. The molecule has 7 aromatic rings. The van der Waals surface area contributed by atoms with E-state index < -0.39 is 0 Å². The van der Waals surface area contributed by atoms with Crippen LogP contribution in [0, 0.1) is 22.7 Å². The zero-order chi connectivity index (χ0) is 56.9. The van der Waals surface area contributed by atoms with Crippen molar-refractivity contribution in [2.45, 2.75) is 187 Å². The fourth-order valence-corrected chi connectivity index (χ4v) is 20.0. The van der Waals surface area contributed by atoms with Gasteiger partial charge in [0.05, 0.1) is 23.0 Å². The molecule has 6 heteroatoms. The van der Waals surface area contributed by atoms with Crippen LogP contribution < -0.4 is 35.8 Å². The number of hydrogen-bond acceptors (Lipinski definition) is 4. The van der Waals surface area contributed by atoms with Crippen LogP contribution in [0.3, 0.4) is 0 Å². The fourth-order valence-electron chi connectivity index (χ4n) is 20.0. The molecule has 3 fully saturated rings. The molecule has 83 heavy (non-hydrogen) atoms. The zero-order valence-electron chi connectivity index (χ0n) is 51.4. The molecular formula is C77H83BN4O. The van der Waals surface area contributed by atoms with Gasteiger partial charge in [-0.05, 0) is 162 Å². The van der Waals surface area contributed by atoms with Gasteiger partial charge < -0.3 is 24.0 Å². The number of benzene rings is 6. The summed E-state index contributed by atoms with van der Waals surface area (Å²) >= 11 is 0. The Kier molecular flexibility index (Phi) is 10.0. The number of nitrogens with zero attached hydrogens (tertiary/aromatic N) is 4. The molecule has 0 bridgehead atoms. The van der Waals surface area contributed by atoms with Crippen LogP contribution in [-0.4, -0.2) is 28.4 Å². The molecule has 0 N–H and O–H groups in total. The van der Waals surface area contributed by atoms with Crippen molar-refractivity contribution in [2.75, 3.05) is 14.7 Å². The first-order valence-corrected chi connectivity index (χ1v) is 32.2. The molecule has 2 saturated carbocycles. The van der Waals surface area contributed by atoms with Gasteiger partial charge in [0.2, 0.25) is 0 Å². The number of ether oxygens (including phenoxy) is 1. The number of hydrogen-bond donors (Lipinski definition) is 0. The van der Waals surface area contributed by atoms with E-state index in [0.29, 0.717) is 17.9 Å². The molecule has 10 aliphatic rings. The quantitative estimate of drug-likeness (QED) is 0.130. The van der Waals surface area contributed by atoms with Crippen molar-refractivity contribution >= 4 is 68.1 Å². The second-order valence-corrected chi connectivity index (χ2v) is 31.1. The van der Waals surface area contributed by atoms with E-state index in [1.165, 1.54) is 152 Å². The van der Waals surface area contributed by atoms with Gasteiger partial charge in [-0.3, -0.25) is 0 Å². The van der Waals surface area contributed by atoms with Crippen LogP contribution >= 0.6 is 0 Å². The highest BCUT2D eigenvalue weighted by molar-refractivity contribution is 7.00. The SMILES string of the molecule is CC(C)(C)c1ccc2c(c1)C1(C)CCCCC1(C)N2c1cc2c3c(c1)-n1c4c(c5cccc(c51)B3c1ccc(N3C5C=CC(C(C)(C)C)CC5C5(C)CCCCC35C)cc1N2c1cccc2c1OC1=CC=CCC12)C(C)(C)c1ccccc1-4. The average molecular weight is 1090 g/mol. The maximum atomic E-state index is 7.32. The van der Waals surface area contributed by atoms with Gasteiger partial charge in [0.25, 0.3) is 6.71 Å². The molecule has 5 aliphatic heterocycles. The van der Waals surface area contributed by atoms with E-state index in [0.717, 1.165) is 30.0 Å². The molecule has 8 unspecified atom stereocenters. The van der Waals surface area contributed by atoms with Crippen molar-refractivity contribution in [3.63, 3.8) is 0 Å². The van der Waals surface area contributed by atoms with Gasteiger partial charge >= 0.3 is 0 Å². The molecule has 17 rings (SSSR count). The third kappa shape index (κ3) is 6.27. The summed E-state index contributed by atoms with van der Waals surface area (Å²) in [5, 5.41) is 1.38. The standard InChI is InChI=1S/C77H83BN4O/c1-71(2,3)46-31-35-59-55(41-46)74(9)37-17-19-39-76(74,11)81(59)48-33-34-57-62(43-48)79(61-29-22-25-51-50-23-14-16-30-65(50)83-70(51)61)63-44-49(82-60-36-32-47(72(4,5)6)42-56(60)75(10)38-18-20-40-77(75,82)12)45-64-67(63)78(57)58-28-21-26-53-66-69(80(64)68(53)58)52-24-13-15-27-54(52)73(66,7)8/h13-16,21-22,24-36,42-46,50,55,59H,17-20,23,37-41H2,1-12H3. The summed E-state index contributed by atoms with van der Waals surface area (Å²) in [5.74, 6) is 3.40. The van der Waals surface area contributed by atoms with Gasteiger partial charge in [-0.25, -0.2) is 0 Å². The van der Waals surface area contributed by atoms with Crippen LogP contribution in [0.2, 0.25) is 0 Å². The van der Waals surface area contributed by atoms with Crippen LogP contribution in [0.25, 0.3) is 27.8 Å². The molecule has 1 aromatic heterocycles. The molecule has 5 nitrogen and oxygen atoms in total. The molecule has 6 aromatic carbocycles. The van der Waals surface area contributed by atoms with Crippen LogP contribution in [-0.2, 0) is 16.2 Å². The summed E-state index contributed by atoms with van der Waals surface area (Å²) in [6.07, 6.45) is 24.1. The van der Waals surface area contributed by atoms with E-state index in [9.17, 15) is 0 Å². The summed E-state index contributed by atoms with van der Waals surface area (Å²) < 4.78 is 10.1. The molecule has 1 saturated heterocycles. The molecule has 420 valence electrons. The van der Waals surface area contributed by atoms with E-state index in [1.54, 1.807) is 0 Å². The highest BCUT2D eigenvalue weighted by Gasteiger charge is 2.65. The molecule has 5 aliphatic carbocycles. The lowest BCUT2D eigenvalue weighted by Crippen LogP contribution is -2.61. The van der Waals surface area contributed by atoms with E-state index >= 15 is 0 Å². The summed E-state index contributed by atoms with van der Waals surface area (Å²) in [6, 6.07) is 44.9. The summed E-state index contributed by atoms with van der Waals surface area (Å²) in [4.78, 5) is 8.59. The van der Waals surface area contributed by atoms with E-state index in [1.807, 2.05) is 0 Å². The van der Waals surface area contributed by atoms with E-state index in [4.69, 9.17) is 4.74 Å². The Morgan fingerprint density at radius 1 is 0.639 bits per heavy atom. The second-order valence-electron chi connectivity index (χ2n) is 31.1. The highest BCUT2D eigenvalue weighted by Crippen LogP contribution is 2.66. The summed E-state index contributed by atoms with van der Waals surface area (Å²) in [7, 11) is 0.